The van der Waals surface area contributed by atoms with E-state index in [0.717, 1.165) is 42.5 Å². The van der Waals surface area contributed by atoms with Crippen LogP contribution in [0.1, 0.15) is 57.8 Å². The lowest BCUT2D eigenvalue weighted by Gasteiger charge is -2.21. The highest BCUT2D eigenvalue weighted by Crippen LogP contribution is 2.36. The minimum Gasteiger partial charge on any atom is -0.382 e. The molecule has 1 heterocycles. The second-order valence-corrected chi connectivity index (χ2v) is 7.44. The fourth-order valence-corrected chi connectivity index (χ4v) is 3.20. The minimum atomic E-state index is -0.419. The average Bonchev–Trinajstić information content (AvgIpc) is 3.19. The van der Waals surface area contributed by atoms with Gasteiger partial charge in [0.15, 0.2) is 5.82 Å². The summed E-state index contributed by atoms with van der Waals surface area (Å²) < 4.78 is 5.55. The average molecular weight is 328 g/mol. The third-order valence-corrected chi connectivity index (χ3v) is 5.31. The molecular formula is C19H28N4O. The molecule has 1 aromatic heterocycles. The summed E-state index contributed by atoms with van der Waals surface area (Å²) in [5.41, 5.74) is 9.22. The smallest absolute Gasteiger partial charge is 0.258 e. The molecule has 0 saturated heterocycles. The second kappa shape index (κ2) is 6.55. The van der Waals surface area contributed by atoms with Crippen molar-refractivity contribution in [2.24, 2.45) is 11.7 Å². The maximum Gasteiger partial charge on any atom is 0.258 e. The van der Waals surface area contributed by atoms with Gasteiger partial charge < -0.3 is 15.6 Å². The maximum atomic E-state index is 6.44. The molecule has 1 aliphatic rings. The van der Waals surface area contributed by atoms with Crippen LogP contribution in [-0.4, -0.2) is 16.2 Å². The molecule has 5 nitrogen and oxygen atoms in total. The zero-order valence-corrected chi connectivity index (χ0v) is 15.1. The van der Waals surface area contributed by atoms with Crippen molar-refractivity contribution in [1.82, 2.24) is 10.1 Å². The first-order valence-corrected chi connectivity index (χ1v) is 8.90. The quantitative estimate of drug-likeness (QED) is 0.859. The van der Waals surface area contributed by atoms with E-state index in [9.17, 15) is 0 Å². The fourth-order valence-electron chi connectivity index (χ4n) is 3.20. The van der Waals surface area contributed by atoms with E-state index in [1.807, 2.05) is 12.1 Å². The minimum absolute atomic E-state index is 0.392. The molecule has 1 aromatic carbocycles. The number of nitrogens with two attached hydrogens (primary N) is 1. The van der Waals surface area contributed by atoms with Crippen molar-refractivity contribution < 1.29 is 4.52 Å². The zero-order valence-electron chi connectivity index (χ0n) is 15.1. The van der Waals surface area contributed by atoms with Crippen molar-refractivity contribution in [3.05, 3.63) is 29.6 Å². The Morgan fingerprint density at radius 2 is 1.92 bits per heavy atom. The van der Waals surface area contributed by atoms with E-state index < -0.39 is 5.54 Å². The summed E-state index contributed by atoms with van der Waals surface area (Å²) in [7, 11) is 0. The van der Waals surface area contributed by atoms with Gasteiger partial charge >= 0.3 is 0 Å². The summed E-state index contributed by atoms with van der Waals surface area (Å²) in [4.78, 5) is 4.62. The molecule has 1 unspecified atom stereocenters. The van der Waals surface area contributed by atoms with E-state index in [1.165, 1.54) is 0 Å². The van der Waals surface area contributed by atoms with Gasteiger partial charge in [0.05, 0.1) is 5.54 Å². The lowest BCUT2D eigenvalue weighted by Crippen LogP contribution is -2.34. The number of hydrogen-bond donors (Lipinski definition) is 2. The molecule has 0 spiro atoms. The van der Waals surface area contributed by atoms with Gasteiger partial charge in [-0.2, -0.15) is 4.98 Å². The van der Waals surface area contributed by atoms with Gasteiger partial charge in [-0.1, -0.05) is 37.9 Å². The summed E-state index contributed by atoms with van der Waals surface area (Å²) >= 11 is 0. The van der Waals surface area contributed by atoms with Crippen LogP contribution in [0.25, 0.3) is 11.5 Å². The first-order valence-electron chi connectivity index (χ1n) is 8.90. The Kier molecular flexibility index (Phi) is 4.63. The Balaban J connectivity index is 1.89. The van der Waals surface area contributed by atoms with E-state index in [0.29, 0.717) is 23.7 Å². The predicted octanol–water partition coefficient (Wildman–Crippen LogP) is 4.23. The first-order chi connectivity index (χ1) is 11.4. The molecule has 130 valence electrons. The van der Waals surface area contributed by atoms with E-state index in [-0.39, 0.29) is 0 Å². The molecule has 0 bridgehead atoms. The molecule has 1 atom stereocenters. The van der Waals surface area contributed by atoms with E-state index in [2.05, 4.69) is 49.2 Å². The molecular weight excluding hydrogens is 300 g/mol. The van der Waals surface area contributed by atoms with Crippen LogP contribution in [0.2, 0.25) is 0 Å². The summed E-state index contributed by atoms with van der Waals surface area (Å²) in [5.74, 6) is 1.76. The number of anilines is 1. The highest BCUT2D eigenvalue weighted by Gasteiger charge is 2.36. The second-order valence-electron chi connectivity index (χ2n) is 7.44. The lowest BCUT2D eigenvalue weighted by atomic mass is 9.98. The van der Waals surface area contributed by atoms with E-state index in [1.54, 1.807) is 0 Å². The van der Waals surface area contributed by atoms with Crippen LogP contribution in [0, 0.1) is 12.8 Å². The number of rotatable bonds is 5. The number of nitrogens with zero attached hydrogens (tertiary/aromatic N) is 2. The Labute approximate surface area is 144 Å². The number of aromatic nitrogens is 2. The fraction of sp³-hybridized carbons (Fsp3) is 0.579. The number of benzene rings is 1. The summed E-state index contributed by atoms with van der Waals surface area (Å²) in [6, 6.07) is 6.53. The molecule has 5 heteroatoms. The van der Waals surface area contributed by atoms with Crippen LogP contribution >= 0.6 is 0 Å². The number of nitrogens with one attached hydrogen (secondary N) is 1. The molecule has 1 saturated carbocycles. The molecule has 1 fully saturated rings. The Morgan fingerprint density at radius 1 is 1.21 bits per heavy atom. The van der Waals surface area contributed by atoms with Gasteiger partial charge in [0.2, 0.25) is 0 Å². The van der Waals surface area contributed by atoms with Crippen LogP contribution in [0.15, 0.2) is 22.7 Å². The van der Waals surface area contributed by atoms with Gasteiger partial charge in [0.25, 0.3) is 5.89 Å². The summed E-state index contributed by atoms with van der Waals surface area (Å²) in [5, 5.41) is 7.75. The third-order valence-electron chi connectivity index (χ3n) is 5.31. The SMILES string of the molecule is Cc1c(NC(C)C(C)C)cccc1-c1nc(C2(N)CCCC2)no1. The van der Waals surface area contributed by atoms with Crippen LogP contribution in [0.4, 0.5) is 5.69 Å². The van der Waals surface area contributed by atoms with Crippen molar-refractivity contribution in [2.45, 2.75) is 65.0 Å². The third kappa shape index (κ3) is 3.18. The summed E-state index contributed by atoms with van der Waals surface area (Å²) in [6.07, 6.45) is 4.12. The van der Waals surface area contributed by atoms with Gasteiger partial charge in [0.1, 0.15) is 0 Å². The van der Waals surface area contributed by atoms with Crippen molar-refractivity contribution in [3.8, 4) is 11.5 Å². The van der Waals surface area contributed by atoms with E-state index in [4.69, 9.17) is 10.3 Å². The van der Waals surface area contributed by atoms with Crippen molar-refractivity contribution in [2.75, 3.05) is 5.32 Å². The highest BCUT2D eigenvalue weighted by molar-refractivity contribution is 5.68. The van der Waals surface area contributed by atoms with Crippen molar-refractivity contribution in [3.63, 3.8) is 0 Å². The Bertz CT molecular complexity index is 701. The van der Waals surface area contributed by atoms with Crippen LogP contribution < -0.4 is 11.1 Å². The topological polar surface area (TPSA) is 77.0 Å². The molecule has 3 N–H and O–H groups in total. The standard InChI is InChI=1S/C19H28N4O/c1-12(2)14(4)21-16-9-7-8-15(13(16)3)17-22-18(23-24-17)19(20)10-5-6-11-19/h7-9,12,14,21H,5-6,10-11,20H2,1-4H3. The highest BCUT2D eigenvalue weighted by atomic mass is 16.5. The molecule has 1 aliphatic carbocycles. The Morgan fingerprint density at radius 3 is 2.58 bits per heavy atom. The van der Waals surface area contributed by atoms with Crippen LogP contribution in [-0.2, 0) is 5.54 Å². The number of hydrogen-bond acceptors (Lipinski definition) is 5. The van der Waals surface area contributed by atoms with Crippen molar-refractivity contribution >= 4 is 5.69 Å². The molecule has 0 aliphatic heterocycles. The largest absolute Gasteiger partial charge is 0.382 e. The van der Waals surface area contributed by atoms with Gasteiger partial charge in [-0.25, -0.2) is 0 Å². The van der Waals surface area contributed by atoms with E-state index >= 15 is 0 Å². The van der Waals surface area contributed by atoms with Crippen LogP contribution in [0.5, 0.6) is 0 Å². The molecule has 24 heavy (non-hydrogen) atoms. The lowest BCUT2D eigenvalue weighted by molar-refractivity contribution is 0.372. The monoisotopic (exact) mass is 328 g/mol. The zero-order chi connectivity index (χ0) is 17.3. The Hall–Kier alpha value is -1.88. The normalized spacial score (nSPS) is 18.1. The molecule has 0 amide bonds. The van der Waals surface area contributed by atoms with Gasteiger partial charge in [-0.15, -0.1) is 0 Å². The van der Waals surface area contributed by atoms with Gasteiger partial charge in [0, 0.05) is 17.3 Å². The first kappa shape index (κ1) is 17.0. The van der Waals surface area contributed by atoms with Crippen LogP contribution in [0.3, 0.4) is 0 Å². The van der Waals surface area contributed by atoms with Gasteiger partial charge in [-0.05, 0) is 50.3 Å². The van der Waals surface area contributed by atoms with Gasteiger partial charge in [-0.3, -0.25) is 0 Å². The molecule has 3 rings (SSSR count). The van der Waals surface area contributed by atoms with Crippen molar-refractivity contribution in [1.29, 1.82) is 0 Å². The molecule has 2 aromatic rings. The molecule has 0 radical (unpaired) electrons. The maximum absolute atomic E-state index is 6.44. The predicted molar refractivity (Wildman–Crippen MR) is 96.7 cm³/mol. The summed E-state index contributed by atoms with van der Waals surface area (Å²) in [6.45, 7) is 8.70.